The van der Waals surface area contributed by atoms with Gasteiger partial charge < -0.3 is 15.6 Å². The van der Waals surface area contributed by atoms with Crippen molar-refractivity contribution in [3.63, 3.8) is 0 Å². The molecule has 0 saturated heterocycles. The molecule has 0 fully saturated rings. The molecule has 5 nitrogen and oxygen atoms in total. The van der Waals surface area contributed by atoms with E-state index in [1.165, 1.54) is 0 Å². The number of carbonyl (C=O) groups is 1. The van der Waals surface area contributed by atoms with Gasteiger partial charge >= 0.3 is 13.8 Å². The van der Waals surface area contributed by atoms with Crippen LogP contribution >= 0.6 is 19.4 Å². The number of hydrogen-bond donors (Lipinski definition) is 2. The first-order chi connectivity index (χ1) is 6.57. The van der Waals surface area contributed by atoms with E-state index in [9.17, 15) is 9.36 Å². The van der Waals surface area contributed by atoms with Gasteiger partial charge in [0, 0.05) is 12.3 Å². The van der Waals surface area contributed by atoms with E-state index in [1.54, 1.807) is 0 Å². The molecule has 7 heteroatoms. The zero-order valence-corrected chi connectivity index (χ0v) is 9.34. The van der Waals surface area contributed by atoms with Gasteiger partial charge in [-0.3, -0.25) is 4.79 Å². The highest BCUT2D eigenvalue weighted by Gasteiger charge is 2.20. The number of halogens is 1. The lowest BCUT2D eigenvalue weighted by Crippen LogP contribution is -2.30. The van der Waals surface area contributed by atoms with Crippen LogP contribution in [-0.4, -0.2) is 42.1 Å². The van der Waals surface area contributed by atoms with Gasteiger partial charge in [-0.25, -0.2) is 0 Å². The quantitative estimate of drug-likeness (QED) is 0.374. The molecule has 0 radical (unpaired) electrons. The summed E-state index contributed by atoms with van der Waals surface area (Å²) in [5.74, 6) is -0.715. The highest BCUT2D eigenvalue weighted by atomic mass is 35.5. The zero-order chi connectivity index (χ0) is 11.0. The summed E-state index contributed by atoms with van der Waals surface area (Å²) in [6.45, 7) is 0.355. The van der Waals surface area contributed by atoms with Gasteiger partial charge in [0.1, 0.15) is 6.04 Å². The molecule has 0 rings (SSSR count). The van der Waals surface area contributed by atoms with Crippen LogP contribution in [0.4, 0.5) is 0 Å². The first-order valence-electron chi connectivity index (χ1n) is 4.12. The van der Waals surface area contributed by atoms with Crippen molar-refractivity contribution in [2.24, 2.45) is 5.73 Å². The summed E-state index contributed by atoms with van der Waals surface area (Å²) >= 11 is 5.34. The monoisotopic (exact) mass is 242 g/mol. The summed E-state index contributed by atoms with van der Waals surface area (Å²) in [6.07, 6.45) is 0.592. The van der Waals surface area contributed by atoms with E-state index in [4.69, 9.17) is 27.2 Å². The minimum atomic E-state index is -1.52. The SMILES string of the molecule is N[C@@H](CC[P+](=O)COCCCl)C(=O)O. The summed E-state index contributed by atoms with van der Waals surface area (Å²) in [4.78, 5) is 10.3. The van der Waals surface area contributed by atoms with Crippen molar-refractivity contribution >= 4 is 25.4 Å². The Kier molecular flexibility index (Phi) is 7.99. The van der Waals surface area contributed by atoms with Crippen molar-refractivity contribution in [1.82, 2.24) is 0 Å². The molecule has 3 N–H and O–H groups in total. The van der Waals surface area contributed by atoms with E-state index in [-0.39, 0.29) is 18.9 Å². The second kappa shape index (κ2) is 8.12. The molecular weight excluding hydrogens is 229 g/mol. The Morgan fingerprint density at radius 1 is 1.64 bits per heavy atom. The van der Waals surface area contributed by atoms with Gasteiger partial charge in [-0.15, -0.1) is 11.6 Å². The van der Waals surface area contributed by atoms with Crippen molar-refractivity contribution in [1.29, 1.82) is 0 Å². The molecule has 0 heterocycles. The second-order valence-electron chi connectivity index (χ2n) is 2.67. The third kappa shape index (κ3) is 7.21. The number of aliphatic carboxylic acids is 1. The lowest BCUT2D eigenvalue weighted by Gasteiger charge is -2.00. The first-order valence-corrected chi connectivity index (χ1v) is 6.28. The zero-order valence-electron chi connectivity index (χ0n) is 7.69. The summed E-state index contributed by atoms with van der Waals surface area (Å²) in [5, 5.41) is 8.44. The lowest BCUT2D eigenvalue weighted by atomic mass is 10.2. The van der Waals surface area contributed by atoms with Gasteiger partial charge in [0.05, 0.1) is 6.61 Å². The largest absolute Gasteiger partial charge is 0.480 e. The number of ether oxygens (including phenoxy) is 1. The minimum Gasteiger partial charge on any atom is -0.480 e. The van der Waals surface area contributed by atoms with E-state index in [0.717, 1.165) is 0 Å². The van der Waals surface area contributed by atoms with Gasteiger partial charge in [-0.05, 0) is 0 Å². The average Bonchev–Trinajstić information content (AvgIpc) is 2.14. The van der Waals surface area contributed by atoms with Crippen LogP contribution in [0.5, 0.6) is 0 Å². The smallest absolute Gasteiger partial charge is 0.367 e. The maximum Gasteiger partial charge on any atom is 0.367 e. The highest BCUT2D eigenvalue weighted by molar-refractivity contribution is 7.44. The Morgan fingerprint density at radius 2 is 2.29 bits per heavy atom. The third-order valence-corrected chi connectivity index (χ3v) is 2.85. The molecule has 0 bridgehead atoms. The number of nitrogens with two attached hydrogens (primary N) is 1. The van der Waals surface area contributed by atoms with Gasteiger partial charge in [0.2, 0.25) is 6.35 Å². The molecule has 14 heavy (non-hydrogen) atoms. The first kappa shape index (κ1) is 13.8. The van der Waals surface area contributed by atoms with Crippen LogP contribution < -0.4 is 5.73 Å². The maximum atomic E-state index is 11.2. The van der Waals surface area contributed by atoms with Crippen LogP contribution in [0, 0.1) is 0 Å². The Hall–Kier alpha value is -0.220. The van der Waals surface area contributed by atoms with Crippen LogP contribution in [0.1, 0.15) is 6.42 Å². The summed E-state index contributed by atoms with van der Waals surface area (Å²) in [7, 11) is -1.52. The lowest BCUT2D eigenvalue weighted by molar-refractivity contribution is -0.138. The minimum absolute atomic E-state index is 0.119. The molecule has 2 atom stereocenters. The molecule has 82 valence electrons. The van der Waals surface area contributed by atoms with Crippen LogP contribution in [0.25, 0.3) is 0 Å². The summed E-state index contributed by atoms with van der Waals surface area (Å²) in [6, 6.07) is -0.943. The molecule has 1 unspecified atom stereocenters. The van der Waals surface area contributed by atoms with E-state index < -0.39 is 19.8 Å². The number of hydrogen-bond acceptors (Lipinski definition) is 4. The Balaban J connectivity index is 3.48. The number of carboxylic acid groups (broad SMARTS) is 1. The Labute approximate surface area is 88.3 Å². The fourth-order valence-electron chi connectivity index (χ4n) is 0.692. The summed E-state index contributed by atoms with van der Waals surface area (Å²) < 4.78 is 16.1. The highest BCUT2D eigenvalue weighted by Crippen LogP contribution is 2.21. The summed E-state index contributed by atoms with van der Waals surface area (Å²) in [5.41, 5.74) is 5.23. The van der Waals surface area contributed by atoms with Crippen LogP contribution in [0.2, 0.25) is 0 Å². The van der Waals surface area contributed by atoms with E-state index >= 15 is 0 Å². The van der Waals surface area contributed by atoms with Crippen molar-refractivity contribution in [3.8, 4) is 0 Å². The molecule has 0 aromatic carbocycles. The van der Waals surface area contributed by atoms with E-state index in [0.29, 0.717) is 12.5 Å². The fourth-order valence-corrected chi connectivity index (χ4v) is 1.83. The Bertz CT molecular complexity index is 202. The van der Waals surface area contributed by atoms with Gasteiger partial charge in [-0.2, -0.15) is 0 Å². The van der Waals surface area contributed by atoms with E-state index in [2.05, 4.69) is 0 Å². The molecule has 0 aromatic heterocycles. The van der Waals surface area contributed by atoms with E-state index in [1.807, 2.05) is 0 Å². The van der Waals surface area contributed by atoms with Gasteiger partial charge in [0.25, 0.3) is 0 Å². The number of alkyl halides is 1. The number of carboxylic acids is 1. The molecular formula is C7H14ClNO4P+. The normalized spacial score (nSPS) is 13.7. The topological polar surface area (TPSA) is 89.6 Å². The van der Waals surface area contributed by atoms with Gasteiger partial charge in [-0.1, -0.05) is 4.57 Å². The van der Waals surface area contributed by atoms with Gasteiger partial charge in [0.15, 0.2) is 6.16 Å². The van der Waals surface area contributed by atoms with Crippen LogP contribution in [0.15, 0.2) is 0 Å². The second-order valence-corrected chi connectivity index (χ2v) is 4.71. The van der Waals surface area contributed by atoms with Crippen molar-refractivity contribution in [2.45, 2.75) is 12.5 Å². The average molecular weight is 243 g/mol. The maximum absolute atomic E-state index is 11.2. The molecule has 0 aromatic rings. The van der Waals surface area contributed by atoms with Crippen molar-refractivity contribution in [3.05, 3.63) is 0 Å². The Morgan fingerprint density at radius 3 is 2.79 bits per heavy atom. The molecule has 0 aliphatic heterocycles. The molecule has 0 aliphatic carbocycles. The third-order valence-electron chi connectivity index (χ3n) is 1.46. The van der Waals surface area contributed by atoms with Crippen LogP contribution in [0.3, 0.4) is 0 Å². The number of rotatable bonds is 8. The predicted molar refractivity (Wildman–Crippen MR) is 54.2 cm³/mol. The molecule has 0 saturated carbocycles. The molecule has 0 spiro atoms. The van der Waals surface area contributed by atoms with Crippen LogP contribution in [-0.2, 0) is 14.1 Å². The fraction of sp³-hybridized carbons (Fsp3) is 0.857. The molecule has 0 amide bonds. The standard InChI is InChI=1S/C7H13ClNO4P/c8-2-3-13-5-14(12)4-1-6(9)7(10)11/h6H,1-5,9H2/p+1/t6-/m0/s1. The molecule has 0 aliphatic rings. The van der Waals surface area contributed by atoms with Crippen molar-refractivity contribution in [2.75, 3.05) is 25.0 Å². The van der Waals surface area contributed by atoms with Crippen molar-refractivity contribution < 1.29 is 19.2 Å². The predicted octanol–water partition coefficient (Wildman–Crippen LogP) is 0.829.